The Balaban J connectivity index is 3.07. The van der Waals surface area contributed by atoms with E-state index in [-0.39, 0.29) is 23.7 Å². The molecule has 0 bridgehead atoms. The fourth-order valence-electron chi connectivity index (χ4n) is 1.95. The van der Waals surface area contributed by atoms with Gasteiger partial charge in [0.15, 0.2) is 0 Å². The van der Waals surface area contributed by atoms with Gasteiger partial charge < -0.3 is 20.5 Å². The largest absolute Gasteiger partial charge is 0.480 e. The fourth-order valence-corrected chi connectivity index (χ4v) is 1.95. The van der Waals surface area contributed by atoms with Crippen molar-refractivity contribution in [3.05, 3.63) is 33.9 Å². The molecule has 1 aromatic rings. The predicted octanol–water partition coefficient (Wildman–Crippen LogP) is 1.02. The summed E-state index contributed by atoms with van der Waals surface area (Å²) in [4.78, 5) is 44.7. The second-order valence-corrected chi connectivity index (χ2v) is 5.45. The van der Waals surface area contributed by atoms with Crippen LogP contribution in [0.15, 0.2) is 18.2 Å². The number of carboxylic acid groups (broad SMARTS) is 1. The molecule has 1 rings (SSSR count). The number of nitrogens with zero attached hydrogens (tertiary/aromatic N) is 1. The number of esters is 1. The summed E-state index contributed by atoms with van der Waals surface area (Å²) in [5.74, 6) is -2.83. The van der Waals surface area contributed by atoms with Crippen molar-refractivity contribution in [2.75, 3.05) is 19.0 Å². The average Bonchev–Trinajstić information content (AvgIpc) is 2.56. The van der Waals surface area contributed by atoms with Crippen molar-refractivity contribution in [3.63, 3.8) is 0 Å². The number of carbonyl (C=O) groups is 3. The Hall–Kier alpha value is -3.17. The summed E-state index contributed by atoms with van der Waals surface area (Å²) < 4.78 is 4.38. The van der Waals surface area contributed by atoms with Gasteiger partial charge in [-0.2, -0.15) is 0 Å². The molecule has 0 unspecified atom stereocenters. The minimum atomic E-state index is -1.15. The van der Waals surface area contributed by atoms with Crippen molar-refractivity contribution < 1.29 is 29.2 Å². The van der Waals surface area contributed by atoms with Gasteiger partial charge in [0.05, 0.1) is 12.0 Å². The van der Waals surface area contributed by atoms with Crippen molar-refractivity contribution >= 4 is 29.2 Å². The Morgan fingerprint density at radius 1 is 1.32 bits per heavy atom. The van der Waals surface area contributed by atoms with Crippen LogP contribution < -0.4 is 10.6 Å². The quantitative estimate of drug-likeness (QED) is 0.356. The number of nitrogens with one attached hydrogen (secondary N) is 2. The number of hydrogen-bond acceptors (Lipinski definition) is 7. The molecule has 1 amide bonds. The number of anilines is 1. The lowest BCUT2D eigenvalue weighted by Crippen LogP contribution is -2.34. The number of nitro groups is 1. The molecule has 136 valence electrons. The van der Waals surface area contributed by atoms with Crippen LogP contribution in [0.2, 0.25) is 0 Å². The van der Waals surface area contributed by atoms with Crippen molar-refractivity contribution in [2.24, 2.45) is 5.92 Å². The Kier molecular flexibility index (Phi) is 6.85. The molecule has 0 fully saturated rings. The standard InChI is InChI=1S/C15H19N3O7/c1-8(2)13(15(21)22)17-10-5-4-9(6-11(10)18(23)24)14(20)16-7-12(19)25-3/h4-6,8,13,17H,7H2,1-3H3,(H,16,20)(H,21,22)/t13-/m1/s1. The second-order valence-electron chi connectivity index (χ2n) is 5.45. The highest BCUT2D eigenvalue weighted by Gasteiger charge is 2.25. The Morgan fingerprint density at radius 3 is 2.44 bits per heavy atom. The number of aliphatic carboxylic acids is 1. The van der Waals surface area contributed by atoms with E-state index in [4.69, 9.17) is 0 Å². The summed E-state index contributed by atoms with van der Waals surface area (Å²) in [5.41, 5.74) is -0.509. The van der Waals surface area contributed by atoms with Crippen LogP contribution in [0.25, 0.3) is 0 Å². The zero-order chi connectivity index (χ0) is 19.1. The third-order valence-corrected chi connectivity index (χ3v) is 3.32. The Labute approximate surface area is 143 Å². The smallest absolute Gasteiger partial charge is 0.326 e. The zero-order valence-electron chi connectivity index (χ0n) is 13.9. The van der Waals surface area contributed by atoms with Crippen LogP contribution in [-0.2, 0) is 14.3 Å². The van der Waals surface area contributed by atoms with Gasteiger partial charge >= 0.3 is 11.9 Å². The van der Waals surface area contributed by atoms with Crippen LogP contribution in [0.3, 0.4) is 0 Å². The second kappa shape index (κ2) is 8.62. The minimum Gasteiger partial charge on any atom is -0.480 e. The molecule has 1 aromatic carbocycles. The van der Waals surface area contributed by atoms with E-state index in [2.05, 4.69) is 15.4 Å². The molecule has 0 spiro atoms. The number of hydrogen-bond donors (Lipinski definition) is 3. The van der Waals surface area contributed by atoms with E-state index in [0.717, 1.165) is 13.2 Å². The van der Waals surface area contributed by atoms with Crippen LogP contribution in [0, 0.1) is 16.0 Å². The molecule has 10 heteroatoms. The predicted molar refractivity (Wildman–Crippen MR) is 87.3 cm³/mol. The molecule has 0 saturated heterocycles. The molecular formula is C15H19N3O7. The number of nitro benzene ring substituents is 1. The van der Waals surface area contributed by atoms with Crippen LogP contribution in [0.4, 0.5) is 11.4 Å². The SMILES string of the molecule is COC(=O)CNC(=O)c1ccc(N[C@@H](C(=O)O)C(C)C)c([N+](=O)[O-])c1. The molecule has 0 aliphatic rings. The normalized spacial score (nSPS) is 11.5. The molecule has 1 atom stereocenters. The van der Waals surface area contributed by atoms with E-state index in [0.29, 0.717) is 0 Å². The number of benzene rings is 1. The molecule has 0 aliphatic heterocycles. The molecule has 0 radical (unpaired) electrons. The number of carbonyl (C=O) groups excluding carboxylic acids is 2. The number of carboxylic acids is 1. The van der Waals surface area contributed by atoms with E-state index in [1.807, 2.05) is 0 Å². The molecule has 25 heavy (non-hydrogen) atoms. The van der Waals surface area contributed by atoms with Crippen LogP contribution in [-0.4, -0.2) is 47.6 Å². The number of ether oxygens (including phenoxy) is 1. The third-order valence-electron chi connectivity index (χ3n) is 3.32. The van der Waals surface area contributed by atoms with Crippen LogP contribution >= 0.6 is 0 Å². The van der Waals surface area contributed by atoms with Gasteiger partial charge in [-0.15, -0.1) is 0 Å². The van der Waals surface area contributed by atoms with Crippen LogP contribution in [0.1, 0.15) is 24.2 Å². The molecule has 10 nitrogen and oxygen atoms in total. The molecule has 0 saturated carbocycles. The average molecular weight is 353 g/mol. The van der Waals surface area contributed by atoms with Gasteiger partial charge in [-0.3, -0.25) is 19.7 Å². The molecule has 0 aliphatic carbocycles. The summed E-state index contributed by atoms with van der Waals surface area (Å²) in [6.07, 6.45) is 0. The van der Waals surface area contributed by atoms with E-state index < -0.39 is 34.5 Å². The van der Waals surface area contributed by atoms with Gasteiger partial charge in [0, 0.05) is 11.6 Å². The van der Waals surface area contributed by atoms with Gasteiger partial charge in [0.25, 0.3) is 11.6 Å². The minimum absolute atomic E-state index is 0.0179. The van der Waals surface area contributed by atoms with Gasteiger partial charge in [-0.05, 0) is 18.1 Å². The maximum atomic E-state index is 11.9. The first kappa shape index (κ1) is 19.9. The Bertz CT molecular complexity index is 688. The van der Waals surface area contributed by atoms with Crippen molar-refractivity contribution in [1.82, 2.24) is 5.32 Å². The van der Waals surface area contributed by atoms with E-state index in [1.54, 1.807) is 13.8 Å². The Morgan fingerprint density at radius 2 is 1.96 bits per heavy atom. The fraction of sp³-hybridized carbons (Fsp3) is 0.400. The number of rotatable bonds is 8. The third kappa shape index (κ3) is 5.44. The molecule has 0 aromatic heterocycles. The van der Waals surface area contributed by atoms with Gasteiger partial charge in [0.2, 0.25) is 0 Å². The molecular weight excluding hydrogens is 334 g/mol. The lowest BCUT2D eigenvalue weighted by molar-refractivity contribution is -0.384. The summed E-state index contributed by atoms with van der Waals surface area (Å²) in [6, 6.07) is 2.52. The number of amides is 1. The summed E-state index contributed by atoms with van der Waals surface area (Å²) >= 11 is 0. The molecule has 0 heterocycles. The summed E-state index contributed by atoms with van der Waals surface area (Å²) in [7, 11) is 1.16. The maximum Gasteiger partial charge on any atom is 0.326 e. The first-order chi connectivity index (χ1) is 11.7. The summed E-state index contributed by atoms with van der Waals surface area (Å²) in [6.45, 7) is 2.94. The number of methoxy groups -OCH3 is 1. The van der Waals surface area contributed by atoms with Crippen LogP contribution in [0.5, 0.6) is 0 Å². The first-order valence-corrected chi connectivity index (χ1v) is 7.30. The van der Waals surface area contributed by atoms with E-state index >= 15 is 0 Å². The van der Waals surface area contributed by atoms with Crippen molar-refractivity contribution in [2.45, 2.75) is 19.9 Å². The topological polar surface area (TPSA) is 148 Å². The van der Waals surface area contributed by atoms with Crippen molar-refractivity contribution in [3.8, 4) is 0 Å². The highest BCUT2D eigenvalue weighted by molar-refractivity contribution is 5.97. The highest BCUT2D eigenvalue weighted by atomic mass is 16.6. The summed E-state index contributed by atoms with van der Waals surface area (Å²) in [5, 5.41) is 25.3. The molecule has 3 N–H and O–H groups in total. The van der Waals surface area contributed by atoms with Crippen molar-refractivity contribution in [1.29, 1.82) is 0 Å². The van der Waals surface area contributed by atoms with Gasteiger partial charge in [-0.25, -0.2) is 4.79 Å². The van der Waals surface area contributed by atoms with Gasteiger partial charge in [0.1, 0.15) is 18.3 Å². The monoisotopic (exact) mass is 353 g/mol. The lowest BCUT2D eigenvalue weighted by Gasteiger charge is -2.19. The maximum absolute atomic E-state index is 11.9. The van der Waals surface area contributed by atoms with E-state index in [1.165, 1.54) is 12.1 Å². The first-order valence-electron chi connectivity index (χ1n) is 7.30. The van der Waals surface area contributed by atoms with E-state index in [9.17, 15) is 29.6 Å². The lowest BCUT2D eigenvalue weighted by atomic mass is 10.0. The highest BCUT2D eigenvalue weighted by Crippen LogP contribution is 2.27. The van der Waals surface area contributed by atoms with Gasteiger partial charge in [-0.1, -0.05) is 13.8 Å². The zero-order valence-corrected chi connectivity index (χ0v) is 13.9.